The molecule has 0 saturated heterocycles. The van der Waals surface area contributed by atoms with Crippen LogP contribution in [0.1, 0.15) is 18.1 Å². The Bertz CT molecular complexity index is 579. The summed E-state index contributed by atoms with van der Waals surface area (Å²) in [6.07, 6.45) is 5.72. The van der Waals surface area contributed by atoms with Gasteiger partial charge in [-0.15, -0.1) is 0 Å². The van der Waals surface area contributed by atoms with Crippen molar-refractivity contribution in [2.45, 2.75) is 19.8 Å². The Morgan fingerprint density at radius 1 is 1.25 bits per heavy atom. The maximum atomic E-state index is 5.56. The van der Waals surface area contributed by atoms with Gasteiger partial charge in [0.1, 0.15) is 0 Å². The van der Waals surface area contributed by atoms with Crippen LogP contribution in [-0.2, 0) is 12.8 Å². The first kappa shape index (κ1) is 13.1. The molecule has 3 rings (SSSR count). The highest BCUT2D eigenvalue weighted by Crippen LogP contribution is 2.33. The van der Waals surface area contributed by atoms with E-state index in [-0.39, 0.29) is 0 Å². The first-order chi connectivity index (χ1) is 9.78. The van der Waals surface area contributed by atoms with Crippen molar-refractivity contribution in [2.24, 2.45) is 11.7 Å². The molecule has 1 atom stereocenters. The van der Waals surface area contributed by atoms with Gasteiger partial charge in [0, 0.05) is 24.6 Å². The molecule has 1 unspecified atom stereocenters. The second-order valence-corrected chi connectivity index (χ2v) is 5.48. The Hall–Kier alpha value is -1.94. The average molecular weight is 268 g/mol. The highest BCUT2D eigenvalue weighted by molar-refractivity contribution is 5.63. The molecule has 0 radical (unpaired) electrons. The molecule has 1 aromatic carbocycles. The number of hydrogen-bond acceptors (Lipinski definition) is 4. The molecular weight excluding hydrogens is 248 g/mol. The fourth-order valence-electron chi connectivity index (χ4n) is 2.77. The second kappa shape index (κ2) is 5.59. The molecule has 2 N–H and O–H groups in total. The summed E-state index contributed by atoms with van der Waals surface area (Å²) in [5.41, 5.74) is 9.26. The smallest absolute Gasteiger partial charge is 0.229 e. The molecule has 0 aliphatic carbocycles. The van der Waals surface area contributed by atoms with Gasteiger partial charge in [-0.25, -0.2) is 9.97 Å². The molecule has 4 heteroatoms. The predicted octanol–water partition coefficient (Wildman–Crippen LogP) is 2.31. The van der Waals surface area contributed by atoms with Crippen LogP contribution >= 0.6 is 0 Å². The molecule has 2 aromatic rings. The Kier molecular flexibility index (Phi) is 3.65. The molecule has 0 spiro atoms. The molecule has 104 valence electrons. The van der Waals surface area contributed by atoms with E-state index in [2.05, 4.69) is 46.1 Å². The molecule has 0 amide bonds. The summed E-state index contributed by atoms with van der Waals surface area (Å²) in [7, 11) is 0. The lowest BCUT2D eigenvalue weighted by Crippen LogP contribution is -2.31. The topological polar surface area (TPSA) is 55.0 Å². The first-order valence-corrected chi connectivity index (χ1v) is 7.14. The lowest BCUT2D eigenvalue weighted by atomic mass is 9.94. The van der Waals surface area contributed by atoms with Crippen LogP contribution in [0, 0.1) is 5.92 Å². The molecule has 1 aromatic heterocycles. The van der Waals surface area contributed by atoms with E-state index in [1.165, 1.54) is 11.3 Å². The Labute approximate surface area is 119 Å². The van der Waals surface area contributed by atoms with Crippen LogP contribution in [0.25, 0.3) is 0 Å². The van der Waals surface area contributed by atoms with Gasteiger partial charge in [0.2, 0.25) is 5.95 Å². The highest BCUT2D eigenvalue weighted by atomic mass is 15.3. The van der Waals surface area contributed by atoms with Gasteiger partial charge in [-0.1, -0.05) is 25.1 Å². The van der Waals surface area contributed by atoms with E-state index < -0.39 is 0 Å². The molecule has 4 nitrogen and oxygen atoms in total. The SMILES string of the molecule is CC1Cc2ccccc2N(c2ncc(CCN)cn2)C1. The van der Waals surface area contributed by atoms with E-state index in [4.69, 9.17) is 5.73 Å². The summed E-state index contributed by atoms with van der Waals surface area (Å²) < 4.78 is 0. The van der Waals surface area contributed by atoms with Crippen LogP contribution in [0.2, 0.25) is 0 Å². The van der Waals surface area contributed by atoms with Crippen molar-refractivity contribution in [2.75, 3.05) is 18.0 Å². The molecule has 1 aliphatic rings. The third kappa shape index (κ3) is 2.51. The number of aromatic nitrogens is 2. The van der Waals surface area contributed by atoms with Gasteiger partial charge in [-0.3, -0.25) is 0 Å². The zero-order valence-electron chi connectivity index (χ0n) is 11.8. The van der Waals surface area contributed by atoms with Crippen LogP contribution in [0.3, 0.4) is 0 Å². The molecule has 2 heterocycles. The molecule has 20 heavy (non-hydrogen) atoms. The molecule has 0 fully saturated rings. The minimum Gasteiger partial charge on any atom is -0.330 e. The van der Waals surface area contributed by atoms with E-state index >= 15 is 0 Å². The summed E-state index contributed by atoms with van der Waals surface area (Å²) in [5, 5.41) is 0. The molecule has 0 saturated carbocycles. The van der Waals surface area contributed by atoms with Crippen molar-refractivity contribution < 1.29 is 0 Å². The predicted molar refractivity (Wildman–Crippen MR) is 81.1 cm³/mol. The van der Waals surface area contributed by atoms with E-state index in [0.29, 0.717) is 12.5 Å². The van der Waals surface area contributed by atoms with E-state index in [9.17, 15) is 0 Å². The van der Waals surface area contributed by atoms with Crippen LogP contribution in [-0.4, -0.2) is 23.1 Å². The number of rotatable bonds is 3. The van der Waals surface area contributed by atoms with Crippen molar-refractivity contribution in [1.82, 2.24) is 9.97 Å². The second-order valence-electron chi connectivity index (χ2n) is 5.48. The van der Waals surface area contributed by atoms with E-state index in [1.807, 2.05) is 12.4 Å². The Morgan fingerprint density at radius 3 is 2.75 bits per heavy atom. The van der Waals surface area contributed by atoms with Gasteiger partial charge in [-0.05, 0) is 42.5 Å². The largest absolute Gasteiger partial charge is 0.330 e. The molecule has 1 aliphatic heterocycles. The standard InChI is InChI=1S/C16H20N4/c1-12-8-14-4-2-3-5-15(14)20(11-12)16-18-9-13(6-7-17)10-19-16/h2-5,9-10,12H,6-8,11,17H2,1H3. The highest BCUT2D eigenvalue weighted by Gasteiger charge is 2.23. The van der Waals surface area contributed by atoms with E-state index in [1.54, 1.807) is 0 Å². The van der Waals surface area contributed by atoms with Gasteiger partial charge in [0.15, 0.2) is 0 Å². The van der Waals surface area contributed by atoms with Crippen molar-refractivity contribution in [3.05, 3.63) is 47.8 Å². The summed E-state index contributed by atoms with van der Waals surface area (Å²) >= 11 is 0. The lowest BCUT2D eigenvalue weighted by molar-refractivity contribution is 0.557. The number of nitrogens with zero attached hydrogens (tertiary/aromatic N) is 3. The van der Waals surface area contributed by atoms with Crippen molar-refractivity contribution in [1.29, 1.82) is 0 Å². The summed E-state index contributed by atoms with van der Waals surface area (Å²) in [5.74, 6) is 1.39. The Balaban J connectivity index is 1.93. The summed E-state index contributed by atoms with van der Waals surface area (Å²) in [4.78, 5) is 11.2. The first-order valence-electron chi connectivity index (χ1n) is 7.14. The minimum atomic E-state index is 0.609. The van der Waals surface area contributed by atoms with Crippen LogP contribution in [0.15, 0.2) is 36.7 Å². The fraction of sp³-hybridized carbons (Fsp3) is 0.375. The number of anilines is 2. The zero-order chi connectivity index (χ0) is 13.9. The van der Waals surface area contributed by atoms with Gasteiger partial charge < -0.3 is 10.6 Å². The van der Waals surface area contributed by atoms with Gasteiger partial charge >= 0.3 is 0 Å². The maximum absolute atomic E-state index is 5.56. The third-order valence-electron chi connectivity index (χ3n) is 3.71. The van der Waals surface area contributed by atoms with Crippen molar-refractivity contribution in [3.63, 3.8) is 0 Å². The number of nitrogens with two attached hydrogens (primary N) is 1. The zero-order valence-corrected chi connectivity index (χ0v) is 11.8. The van der Waals surface area contributed by atoms with Gasteiger partial charge in [-0.2, -0.15) is 0 Å². The van der Waals surface area contributed by atoms with Gasteiger partial charge in [0.05, 0.1) is 0 Å². The number of fused-ring (bicyclic) bond motifs is 1. The van der Waals surface area contributed by atoms with Crippen LogP contribution < -0.4 is 10.6 Å². The number of benzene rings is 1. The lowest BCUT2D eigenvalue weighted by Gasteiger charge is -2.33. The quantitative estimate of drug-likeness (QED) is 0.928. The summed E-state index contributed by atoms with van der Waals surface area (Å²) in [6.45, 7) is 3.87. The minimum absolute atomic E-state index is 0.609. The normalized spacial score (nSPS) is 17.9. The number of hydrogen-bond donors (Lipinski definition) is 1. The van der Waals surface area contributed by atoms with Crippen LogP contribution in [0.4, 0.5) is 11.6 Å². The monoisotopic (exact) mass is 268 g/mol. The number of para-hydroxylation sites is 1. The van der Waals surface area contributed by atoms with Gasteiger partial charge in [0.25, 0.3) is 0 Å². The molecule has 0 bridgehead atoms. The maximum Gasteiger partial charge on any atom is 0.229 e. The third-order valence-corrected chi connectivity index (χ3v) is 3.71. The van der Waals surface area contributed by atoms with Crippen molar-refractivity contribution >= 4 is 11.6 Å². The Morgan fingerprint density at radius 2 is 2.00 bits per heavy atom. The van der Waals surface area contributed by atoms with Crippen molar-refractivity contribution in [3.8, 4) is 0 Å². The fourth-order valence-corrected chi connectivity index (χ4v) is 2.77. The van der Waals surface area contributed by atoms with E-state index in [0.717, 1.165) is 30.9 Å². The molecular formula is C16H20N4. The van der Waals surface area contributed by atoms with Crippen LogP contribution in [0.5, 0.6) is 0 Å². The average Bonchev–Trinajstić information content (AvgIpc) is 2.47. The summed E-state index contributed by atoms with van der Waals surface area (Å²) in [6, 6.07) is 8.52.